The largest absolute Gasteiger partial charge is 0.282 e. The lowest BCUT2D eigenvalue weighted by molar-refractivity contribution is 0.174. The molecule has 1 heterocycles. The first-order valence-corrected chi connectivity index (χ1v) is 7.73. The number of fused-ring (bicyclic) bond motifs is 1. The highest BCUT2D eigenvalue weighted by molar-refractivity contribution is 8.12. The third-order valence-corrected chi connectivity index (χ3v) is 5.95. The number of thioether (sulfide) groups is 1. The van der Waals surface area contributed by atoms with Crippen LogP contribution in [0, 0.1) is 11.3 Å². The molecule has 0 spiro atoms. The predicted octanol–water partition coefficient (Wildman–Crippen LogP) is 4.52. The Kier molecular flexibility index (Phi) is 3.99. The zero-order valence-corrected chi connectivity index (χ0v) is 11.7. The normalized spacial score (nSPS) is 40.2. The minimum Gasteiger partial charge on any atom is -0.282 e. The topological polar surface area (TPSA) is 12.4 Å². The van der Waals surface area contributed by atoms with Gasteiger partial charge in [-0.3, -0.25) is 4.99 Å². The maximum atomic E-state index is 4.63. The second-order valence-corrected chi connectivity index (χ2v) is 7.18. The molecule has 3 unspecified atom stereocenters. The van der Waals surface area contributed by atoms with Gasteiger partial charge in [0, 0.05) is 5.25 Å². The molecule has 0 aromatic rings. The lowest BCUT2D eigenvalue weighted by atomic mass is 9.72. The summed E-state index contributed by atoms with van der Waals surface area (Å²) in [5.74, 6) is 0.816. The van der Waals surface area contributed by atoms with Crippen molar-refractivity contribution in [2.45, 2.75) is 70.6 Å². The average molecular weight is 239 g/mol. The summed E-state index contributed by atoms with van der Waals surface area (Å²) in [6, 6.07) is 0.638. The molecule has 0 saturated heterocycles. The molecule has 0 aromatic carbocycles. The number of hydrogen-bond donors (Lipinski definition) is 0. The lowest BCUT2D eigenvalue weighted by Crippen LogP contribution is -2.25. The van der Waals surface area contributed by atoms with Crippen LogP contribution in [0.3, 0.4) is 0 Å². The van der Waals surface area contributed by atoms with Gasteiger partial charge in [-0.15, -0.1) is 11.8 Å². The number of aliphatic imine (C=N–C) groups is 1. The third kappa shape index (κ3) is 2.64. The number of rotatable bonds is 1. The standard InChI is InChI=1S/C14H25NS/c1-11(2)14(3)8-5-4-6-12-13(7-9-14)16-10-15-12/h10-13H,4-9H2,1-3H3. The molecule has 3 atom stereocenters. The van der Waals surface area contributed by atoms with Gasteiger partial charge in [-0.2, -0.15) is 0 Å². The van der Waals surface area contributed by atoms with Crippen molar-refractivity contribution >= 4 is 17.3 Å². The van der Waals surface area contributed by atoms with Crippen LogP contribution in [0.2, 0.25) is 0 Å². The Labute approximate surface area is 104 Å². The van der Waals surface area contributed by atoms with Gasteiger partial charge in [-0.05, 0) is 37.0 Å². The van der Waals surface area contributed by atoms with Gasteiger partial charge >= 0.3 is 0 Å². The summed E-state index contributed by atoms with van der Waals surface area (Å²) in [7, 11) is 0. The molecule has 1 saturated carbocycles. The minimum absolute atomic E-state index is 0.567. The summed E-state index contributed by atoms with van der Waals surface area (Å²) >= 11 is 1.98. The van der Waals surface area contributed by atoms with Crippen molar-refractivity contribution in [3.8, 4) is 0 Å². The molecule has 0 N–H and O–H groups in total. The fourth-order valence-electron chi connectivity index (χ4n) is 2.96. The molecule has 2 rings (SSSR count). The van der Waals surface area contributed by atoms with Crippen LogP contribution in [-0.2, 0) is 0 Å². The zero-order valence-electron chi connectivity index (χ0n) is 10.9. The Balaban J connectivity index is 2.02. The molecule has 16 heavy (non-hydrogen) atoms. The van der Waals surface area contributed by atoms with Gasteiger partial charge in [0.15, 0.2) is 0 Å². The molecule has 0 aromatic heterocycles. The van der Waals surface area contributed by atoms with Gasteiger partial charge in [-0.25, -0.2) is 0 Å². The molecule has 1 aliphatic heterocycles. The van der Waals surface area contributed by atoms with Crippen LogP contribution in [0.1, 0.15) is 59.3 Å². The molecule has 92 valence electrons. The van der Waals surface area contributed by atoms with Crippen LogP contribution in [0.4, 0.5) is 0 Å². The van der Waals surface area contributed by atoms with E-state index in [9.17, 15) is 0 Å². The van der Waals surface area contributed by atoms with Crippen molar-refractivity contribution in [3.63, 3.8) is 0 Å². The first-order valence-electron chi connectivity index (χ1n) is 6.79. The quantitative estimate of drug-likeness (QED) is 0.655. The van der Waals surface area contributed by atoms with Crippen molar-refractivity contribution in [3.05, 3.63) is 0 Å². The van der Waals surface area contributed by atoms with Gasteiger partial charge in [0.05, 0.1) is 11.6 Å². The maximum absolute atomic E-state index is 4.63. The molecule has 1 fully saturated rings. The average Bonchev–Trinajstić information content (AvgIpc) is 2.69. The first-order chi connectivity index (χ1) is 7.62. The van der Waals surface area contributed by atoms with Crippen molar-refractivity contribution in [1.82, 2.24) is 0 Å². The van der Waals surface area contributed by atoms with Crippen LogP contribution in [0.15, 0.2) is 4.99 Å². The van der Waals surface area contributed by atoms with Gasteiger partial charge in [0.25, 0.3) is 0 Å². The van der Waals surface area contributed by atoms with Crippen LogP contribution in [0.25, 0.3) is 0 Å². The molecule has 2 aliphatic rings. The highest BCUT2D eigenvalue weighted by atomic mass is 32.2. The molecule has 1 nitrogen and oxygen atoms in total. The van der Waals surface area contributed by atoms with Crippen molar-refractivity contribution < 1.29 is 0 Å². The smallest absolute Gasteiger partial charge is 0.0628 e. The Morgan fingerprint density at radius 1 is 1.25 bits per heavy atom. The predicted molar refractivity (Wildman–Crippen MR) is 74.3 cm³/mol. The maximum Gasteiger partial charge on any atom is 0.0628 e. The summed E-state index contributed by atoms with van der Waals surface area (Å²) in [6.07, 6.45) is 8.27. The monoisotopic (exact) mass is 239 g/mol. The molecule has 1 aliphatic carbocycles. The van der Waals surface area contributed by atoms with Crippen LogP contribution in [-0.4, -0.2) is 16.8 Å². The fraction of sp³-hybridized carbons (Fsp3) is 0.929. The van der Waals surface area contributed by atoms with E-state index in [0.29, 0.717) is 11.5 Å². The fourth-order valence-corrected chi connectivity index (χ4v) is 3.98. The molecule has 0 amide bonds. The van der Waals surface area contributed by atoms with E-state index in [2.05, 4.69) is 31.3 Å². The molecular formula is C14H25NS. The molecule has 2 heteroatoms. The summed E-state index contributed by atoms with van der Waals surface area (Å²) in [4.78, 5) is 4.63. The Morgan fingerprint density at radius 2 is 2.06 bits per heavy atom. The highest BCUT2D eigenvalue weighted by Gasteiger charge is 2.33. The summed E-state index contributed by atoms with van der Waals surface area (Å²) < 4.78 is 0. The number of nitrogens with zero attached hydrogens (tertiary/aromatic N) is 1. The van der Waals surface area contributed by atoms with Crippen molar-refractivity contribution in [2.24, 2.45) is 16.3 Å². The van der Waals surface area contributed by atoms with Gasteiger partial charge in [-0.1, -0.05) is 33.6 Å². The first kappa shape index (κ1) is 12.5. The Morgan fingerprint density at radius 3 is 2.81 bits per heavy atom. The van der Waals surface area contributed by atoms with Crippen molar-refractivity contribution in [2.75, 3.05) is 0 Å². The van der Waals surface area contributed by atoms with Gasteiger partial charge in [0.1, 0.15) is 0 Å². The zero-order chi connectivity index (χ0) is 11.6. The number of hydrogen-bond acceptors (Lipinski definition) is 2. The second-order valence-electron chi connectivity index (χ2n) is 6.09. The van der Waals surface area contributed by atoms with Gasteiger partial charge < -0.3 is 0 Å². The van der Waals surface area contributed by atoms with E-state index in [0.717, 1.165) is 11.2 Å². The van der Waals surface area contributed by atoms with E-state index in [1.807, 2.05) is 11.8 Å². The summed E-state index contributed by atoms with van der Waals surface area (Å²) in [5, 5.41) is 0.788. The van der Waals surface area contributed by atoms with Crippen LogP contribution in [0.5, 0.6) is 0 Å². The van der Waals surface area contributed by atoms with E-state index in [4.69, 9.17) is 0 Å². The van der Waals surface area contributed by atoms with Gasteiger partial charge in [0.2, 0.25) is 0 Å². The van der Waals surface area contributed by atoms with E-state index >= 15 is 0 Å². The summed E-state index contributed by atoms with van der Waals surface area (Å²) in [5.41, 5.74) is 2.67. The van der Waals surface area contributed by atoms with Crippen molar-refractivity contribution in [1.29, 1.82) is 0 Å². The molecule has 0 bridgehead atoms. The van der Waals surface area contributed by atoms with E-state index < -0.39 is 0 Å². The van der Waals surface area contributed by atoms with Crippen LogP contribution >= 0.6 is 11.8 Å². The summed E-state index contributed by atoms with van der Waals surface area (Å²) in [6.45, 7) is 7.29. The Hall–Kier alpha value is 0.0200. The van der Waals surface area contributed by atoms with E-state index in [1.165, 1.54) is 38.5 Å². The SMILES string of the molecule is CC(C)C1(C)CCCCC2N=CSC2CC1. The van der Waals surface area contributed by atoms with E-state index in [1.54, 1.807) is 0 Å². The molecular weight excluding hydrogens is 214 g/mol. The lowest BCUT2D eigenvalue weighted by Gasteiger charge is -2.34. The molecule has 0 radical (unpaired) electrons. The van der Waals surface area contributed by atoms with Crippen LogP contribution < -0.4 is 0 Å². The van der Waals surface area contributed by atoms with E-state index in [-0.39, 0.29) is 0 Å². The second kappa shape index (κ2) is 5.12. The Bertz CT molecular complexity index is 261. The highest BCUT2D eigenvalue weighted by Crippen LogP contribution is 2.42. The minimum atomic E-state index is 0.567. The third-order valence-electron chi connectivity index (χ3n) is 4.81.